The number of nitrogens with one attached hydrogen (secondary N) is 1. The lowest BCUT2D eigenvalue weighted by molar-refractivity contribution is 0.102. The fraction of sp³-hybridized carbons (Fsp3) is 0.125. The molecule has 0 atom stereocenters. The van der Waals surface area contributed by atoms with Gasteiger partial charge in [0.15, 0.2) is 5.69 Å². The van der Waals surface area contributed by atoms with Crippen LogP contribution in [-0.2, 0) is 6.54 Å². The van der Waals surface area contributed by atoms with Gasteiger partial charge in [-0.05, 0) is 42.7 Å². The number of fused-ring (bicyclic) bond motifs is 1. The molecule has 4 rings (SSSR count). The molecule has 1 aromatic heterocycles. The minimum Gasteiger partial charge on any atom is -0.320 e. The minimum absolute atomic E-state index is 0.215. The monoisotopic (exact) mass is 383 g/mol. The number of anilines is 1. The molecule has 1 amide bonds. The molecular formula is C24H21N3O2. The third-order valence-corrected chi connectivity index (χ3v) is 5.11. The third-order valence-electron chi connectivity index (χ3n) is 5.11. The summed E-state index contributed by atoms with van der Waals surface area (Å²) in [7, 11) is 0. The molecule has 0 aliphatic heterocycles. The lowest BCUT2D eigenvalue weighted by atomic mass is 10.1. The second-order valence-electron chi connectivity index (χ2n) is 7.04. The van der Waals surface area contributed by atoms with Crippen molar-refractivity contribution < 1.29 is 4.79 Å². The number of aryl methyl sites for hydroxylation is 1. The first-order chi connectivity index (χ1) is 14.0. The standard InChI is InChI=1S/C24H21N3O2/c1-16-9-8-14-21(17(16)2)25-23(28)22-19-12-6-7-13-20(19)24(29)27(26-22)15-18-10-4-3-5-11-18/h3-14H,15H2,1-2H3,(H,25,28). The summed E-state index contributed by atoms with van der Waals surface area (Å²) in [6.45, 7) is 4.26. The Morgan fingerprint density at radius 3 is 2.34 bits per heavy atom. The quantitative estimate of drug-likeness (QED) is 0.571. The van der Waals surface area contributed by atoms with Crippen LogP contribution in [0.5, 0.6) is 0 Å². The number of rotatable bonds is 4. The zero-order chi connectivity index (χ0) is 20.4. The Hall–Kier alpha value is -3.73. The second kappa shape index (κ2) is 7.72. The maximum atomic E-state index is 13.1. The molecule has 0 aliphatic carbocycles. The molecule has 0 aliphatic rings. The fourth-order valence-corrected chi connectivity index (χ4v) is 3.33. The molecule has 0 bridgehead atoms. The molecule has 3 aromatic carbocycles. The average molecular weight is 383 g/mol. The van der Waals surface area contributed by atoms with E-state index in [1.54, 1.807) is 24.3 Å². The first-order valence-electron chi connectivity index (χ1n) is 9.46. The van der Waals surface area contributed by atoms with Crippen LogP contribution in [0.2, 0.25) is 0 Å². The van der Waals surface area contributed by atoms with Crippen molar-refractivity contribution in [2.75, 3.05) is 5.32 Å². The van der Waals surface area contributed by atoms with E-state index < -0.39 is 0 Å². The molecule has 1 N–H and O–H groups in total. The molecule has 144 valence electrons. The molecule has 4 aromatic rings. The smallest absolute Gasteiger partial charge is 0.276 e. The zero-order valence-electron chi connectivity index (χ0n) is 16.3. The van der Waals surface area contributed by atoms with Crippen LogP contribution in [0, 0.1) is 13.8 Å². The molecule has 1 heterocycles. The fourth-order valence-electron chi connectivity index (χ4n) is 3.33. The molecular weight excluding hydrogens is 362 g/mol. The lowest BCUT2D eigenvalue weighted by Crippen LogP contribution is -2.28. The van der Waals surface area contributed by atoms with E-state index in [4.69, 9.17) is 0 Å². The molecule has 0 fully saturated rings. The number of hydrogen-bond acceptors (Lipinski definition) is 3. The Bertz CT molecular complexity index is 1260. The summed E-state index contributed by atoms with van der Waals surface area (Å²) in [5, 5.41) is 8.41. The van der Waals surface area contributed by atoms with Crippen LogP contribution in [-0.4, -0.2) is 15.7 Å². The first kappa shape index (κ1) is 18.6. The van der Waals surface area contributed by atoms with E-state index in [0.29, 0.717) is 17.3 Å². The van der Waals surface area contributed by atoms with Crippen molar-refractivity contribution in [2.45, 2.75) is 20.4 Å². The predicted octanol–water partition coefficient (Wildman–Crippen LogP) is 4.31. The van der Waals surface area contributed by atoms with Gasteiger partial charge in [0, 0.05) is 11.1 Å². The predicted molar refractivity (Wildman–Crippen MR) is 115 cm³/mol. The second-order valence-corrected chi connectivity index (χ2v) is 7.04. The topological polar surface area (TPSA) is 64.0 Å². The molecule has 0 unspecified atom stereocenters. The van der Waals surface area contributed by atoms with Gasteiger partial charge in [0.1, 0.15) is 0 Å². The van der Waals surface area contributed by atoms with Crippen molar-refractivity contribution in [3.8, 4) is 0 Å². The van der Waals surface area contributed by atoms with Gasteiger partial charge in [-0.25, -0.2) is 4.68 Å². The van der Waals surface area contributed by atoms with E-state index in [2.05, 4.69) is 10.4 Å². The van der Waals surface area contributed by atoms with Crippen molar-refractivity contribution in [3.05, 3.63) is 106 Å². The summed E-state index contributed by atoms with van der Waals surface area (Å²) in [6.07, 6.45) is 0. The summed E-state index contributed by atoms with van der Waals surface area (Å²) in [6, 6.07) is 22.5. The maximum absolute atomic E-state index is 13.1. The molecule has 0 saturated heterocycles. The number of hydrogen-bond donors (Lipinski definition) is 1. The van der Waals surface area contributed by atoms with Crippen LogP contribution in [0.4, 0.5) is 5.69 Å². The normalized spacial score (nSPS) is 10.8. The Labute approximate surface area is 168 Å². The van der Waals surface area contributed by atoms with E-state index >= 15 is 0 Å². The Kier molecular flexibility index (Phi) is 4.96. The maximum Gasteiger partial charge on any atom is 0.276 e. The number of aromatic nitrogens is 2. The molecule has 0 saturated carbocycles. The molecule has 0 spiro atoms. The summed E-state index contributed by atoms with van der Waals surface area (Å²) in [5.74, 6) is -0.336. The molecule has 5 heteroatoms. The molecule has 0 radical (unpaired) electrons. The highest BCUT2D eigenvalue weighted by Crippen LogP contribution is 2.20. The van der Waals surface area contributed by atoms with Crippen LogP contribution >= 0.6 is 0 Å². The summed E-state index contributed by atoms with van der Waals surface area (Å²) >= 11 is 0. The van der Waals surface area contributed by atoms with Gasteiger partial charge in [-0.3, -0.25) is 9.59 Å². The van der Waals surface area contributed by atoms with Gasteiger partial charge in [0.05, 0.1) is 11.9 Å². The van der Waals surface area contributed by atoms with Crippen LogP contribution in [0.3, 0.4) is 0 Å². The van der Waals surface area contributed by atoms with E-state index in [-0.39, 0.29) is 17.2 Å². The largest absolute Gasteiger partial charge is 0.320 e. The highest BCUT2D eigenvalue weighted by Gasteiger charge is 2.17. The number of carbonyl (C=O) groups excluding carboxylic acids is 1. The van der Waals surface area contributed by atoms with Gasteiger partial charge in [-0.2, -0.15) is 5.10 Å². The van der Waals surface area contributed by atoms with Gasteiger partial charge in [-0.1, -0.05) is 60.7 Å². The highest BCUT2D eigenvalue weighted by atomic mass is 16.2. The molecule has 5 nitrogen and oxygen atoms in total. The van der Waals surface area contributed by atoms with Gasteiger partial charge < -0.3 is 5.32 Å². The summed E-state index contributed by atoms with van der Waals surface area (Å²) in [5.41, 5.74) is 3.79. The number of carbonyl (C=O) groups is 1. The number of benzene rings is 3. The van der Waals surface area contributed by atoms with Crippen molar-refractivity contribution in [1.29, 1.82) is 0 Å². The SMILES string of the molecule is Cc1cccc(NC(=O)c2nn(Cc3ccccc3)c(=O)c3ccccc23)c1C. The van der Waals surface area contributed by atoms with Crippen LogP contribution in [0.25, 0.3) is 10.8 Å². The minimum atomic E-state index is -0.336. The Morgan fingerprint density at radius 1 is 0.897 bits per heavy atom. The van der Waals surface area contributed by atoms with Gasteiger partial charge in [0.2, 0.25) is 0 Å². The Morgan fingerprint density at radius 2 is 1.59 bits per heavy atom. The first-order valence-corrected chi connectivity index (χ1v) is 9.46. The number of amides is 1. The summed E-state index contributed by atoms with van der Waals surface area (Å²) in [4.78, 5) is 26.1. The van der Waals surface area contributed by atoms with E-state index in [1.807, 2.05) is 62.4 Å². The molecule has 29 heavy (non-hydrogen) atoms. The highest BCUT2D eigenvalue weighted by molar-refractivity contribution is 6.11. The van der Waals surface area contributed by atoms with Crippen molar-refractivity contribution in [3.63, 3.8) is 0 Å². The van der Waals surface area contributed by atoms with Gasteiger partial charge in [-0.15, -0.1) is 0 Å². The van der Waals surface area contributed by atoms with Crippen molar-refractivity contribution >= 4 is 22.4 Å². The third kappa shape index (κ3) is 3.67. The van der Waals surface area contributed by atoms with E-state index in [1.165, 1.54) is 4.68 Å². The zero-order valence-corrected chi connectivity index (χ0v) is 16.3. The van der Waals surface area contributed by atoms with Crippen LogP contribution in [0.15, 0.2) is 77.6 Å². The average Bonchev–Trinajstić information content (AvgIpc) is 2.74. The van der Waals surface area contributed by atoms with E-state index in [0.717, 1.165) is 22.4 Å². The van der Waals surface area contributed by atoms with Gasteiger partial charge >= 0.3 is 0 Å². The van der Waals surface area contributed by atoms with Gasteiger partial charge in [0.25, 0.3) is 11.5 Å². The van der Waals surface area contributed by atoms with Crippen molar-refractivity contribution in [1.82, 2.24) is 9.78 Å². The van der Waals surface area contributed by atoms with Crippen LogP contribution < -0.4 is 10.9 Å². The summed E-state index contributed by atoms with van der Waals surface area (Å²) < 4.78 is 1.36. The lowest BCUT2D eigenvalue weighted by Gasteiger charge is -2.13. The Balaban J connectivity index is 1.80. The van der Waals surface area contributed by atoms with E-state index in [9.17, 15) is 9.59 Å². The van der Waals surface area contributed by atoms with Crippen LogP contribution in [0.1, 0.15) is 27.2 Å². The van der Waals surface area contributed by atoms with Crippen molar-refractivity contribution in [2.24, 2.45) is 0 Å². The number of nitrogens with zero attached hydrogens (tertiary/aromatic N) is 2.